The standard InChI is InChI=1S/C19H16N2O3/c1-19(2)14-9-8-11(10-15(14)20(3)18(19)24)21-16(22)12-6-4-5-7-13(12)17(21)23/h4-10H,1-3H3. The summed E-state index contributed by atoms with van der Waals surface area (Å²) in [5.74, 6) is -0.666. The maximum absolute atomic E-state index is 12.6. The maximum atomic E-state index is 12.6. The molecule has 5 heteroatoms. The van der Waals surface area contributed by atoms with Crippen LogP contribution < -0.4 is 9.80 Å². The Morgan fingerprint density at radius 2 is 1.46 bits per heavy atom. The molecule has 5 nitrogen and oxygen atoms in total. The summed E-state index contributed by atoms with van der Waals surface area (Å²) in [7, 11) is 1.71. The third kappa shape index (κ3) is 1.67. The number of carbonyl (C=O) groups is 3. The van der Waals surface area contributed by atoms with Gasteiger partial charge in [-0.05, 0) is 43.7 Å². The van der Waals surface area contributed by atoms with Gasteiger partial charge < -0.3 is 4.90 Å². The van der Waals surface area contributed by atoms with Gasteiger partial charge in [0.25, 0.3) is 11.8 Å². The van der Waals surface area contributed by atoms with Gasteiger partial charge in [-0.2, -0.15) is 0 Å². The van der Waals surface area contributed by atoms with Crippen molar-refractivity contribution in [3.63, 3.8) is 0 Å². The molecule has 2 aromatic rings. The Bertz CT molecular complexity index is 895. The van der Waals surface area contributed by atoms with Crippen LogP contribution in [0.1, 0.15) is 40.1 Å². The summed E-state index contributed by atoms with van der Waals surface area (Å²) >= 11 is 0. The van der Waals surface area contributed by atoms with Crippen LogP contribution in [0.3, 0.4) is 0 Å². The van der Waals surface area contributed by atoms with Gasteiger partial charge in [0.15, 0.2) is 0 Å². The Morgan fingerprint density at radius 3 is 2.04 bits per heavy atom. The van der Waals surface area contributed by atoms with E-state index < -0.39 is 5.41 Å². The first-order valence-electron chi connectivity index (χ1n) is 7.74. The molecule has 0 radical (unpaired) electrons. The zero-order valence-corrected chi connectivity index (χ0v) is 13.7. The van der Waals surface area contributed by atoms with Crippen LogP contribution in [0.2, 0.25) is 0 Å². The van der Waals surface area contributed by atoms with E-state index in [1.165, 1.54) is 4.90 Å². The first kappa shape index (κ1) is 14.6. The van der Waals surface area contributed by atoms with Gasteiger partial charge in [0.2, 0.25) is 5.91 Å². The fourth-order valence-corrected chi connectivity index (χ4v) is 3.53. The summed E-state index contributed by atoms with van der Waals surface area (Å²) < 4.78 is 0. The summed E-state index contributed by atoms with van der Waals surface area (Å²) in [4.78, 5) is 40.4. The van der Waals surface area contributed by atoms with Gasteiger partial charge in [-0.25, -0.2) is 4.90 Å². The number of anilines is 2. The molecule has 2 heterocycles. The Morgan fingerprint density at radius 1 is 0.875 bits per heavy atom. The van der Waals surface area contributed by atoms with E-state index in [0.29, 0.717) is 16.8 Å². The average Bonchev–Trinajstić information content (AvgIpc) is 2.93. The van der Waals surface area contributed by atoms with E-state index in [1.807, 2.05) is 19.9 Å². The molecule has 0 aromatic heterocycles. The quantitative estimate of drug-likeness (QED) is 0.759. The van der Waals surface area contributed by atoms with Gasteiger partial charge in [0.05, 0.1) is 22.2 Å². The molecule has 4 rings (SSSR count). The van der Waals surface area contributed by atoms with Crippen LogP contribution in [0.4, 0.5) is 11.4 Å². The summed E-state index contributed by atoms with van der Waals surface area (Å²) in [5, 5.41) is 0. The van der Waals surface area contributed by atoms with Crippen LogP contribution in [0.15, 0.2) is 42.5 Å². The normalized spacial score (nSPS) is 18.2. The molecule has 3 amide bonds. The Hall–Kier alpha value is -2.95. The zero-order valence-electron chi connectivity index (χ0n) is 13.7. The van der Waals surface area contributed by atoms with E-state index in [4.69, 9.17) is 0 Å². The van der Waals surface area contributed by atoms with E-state index in [1.54, 1.807) is 48.3 Å². The predicted molar refractivity (Wildman–Crippen MR) is 90.5 cm³/mol. The lowest BCUT2D eigenvalue weighted by atomic mass is 9.86. The lowest BCUT2D eigenvalue weighted by molar-refractivity contribution is -0.121. The first-order chi connectivity index (χ1) is 11.3. The lowest BCUT2D eigenvalue weighted by Gasteiger charge is -2.17. The number of hydrogen-bond acceptors (Lipinski definition) is 3. The molecule has 0 saturated heterocycles. The highest BCUT2D eigenvalue weighted by molar-refractivity contribution is 6.34. The topological polar surface area (TPSA) is 57.7 Å². The van der Waals surface area contributed by atoms with Gasteiger partial charge in [0.1, 0.15) is 0 Å². The second kappa shape index (κ2) is 4.54. The minimum atomic E-state index is -0.607. The van der Waals surface area contributed by atoms with Gasteiger partial charge in [0, 0.05) is 12.7 Å². The van der Waals surface area contributed by atoms with Crippen LogP contribution >= 0.6 is 0 Å². The molecular formula is C19H16N2O3. The predicted octanol–water partition coefficient (Wildman–Crippen LogP) is 2.74. The van der Waals surface area contributed by atoms with Crippen LogP contribution in [-0.2, 0) is 10.2 Å². The van der Waals surface area contributed by atoms with Gasteiger partial charge >= 0.3 is 0 Å². The van der Waals surface area contributed by atoms with Gasteiger partial charge in [-0.1, -0.05) is 18.2 Å². The van der Waals surface area contributed by atoms with Gasteiger partial charge in [-0.15, -0.1) is 0 Å². The van der Waals surface area contributed by atoms with Crippen molar-refractivity contribution < 1.29 is 14.4 Å². The number of hydrogen-bond donors (Lipinski definition) is 0. The van der Waals surface area contributed by atoms with Crippen molar-refractivity contribution in [1.82, 2.24) is 0 Å². The van der Waals surface area contributed by atoms with E-state index in [9.17, 15) is 14.4 Å². The minimum absolute atomic E-state index is 0.00277. The molecule has 2 aliphatic rings. The van der Waals surface area contributed by atoms with Crippen LogP contribution in [0.25, 0.3) is 0 Å². The molecule has 0 saturated carbocycles. The minimum Gasteiger partial charge on any atom is -0.314 e. The number of benzene rings is 2. The second-order valence-corrected chi connectivity index (χ2v) is 6.68. The highest BCUT2D eigenvalue weighted by Crippen LogP contribution is 2.43. The second-order valence-electron chi connectivity index (χ2n) is 6.68. The lowest BCUT2D eigenvalue weighted by Crippen LogP contribution is -2.33. The van der Waals surface area contributed by atoms with Crippen molar-refractivity contribution in [1.29, 1.82) is 0 Å². The molecule has 0 fully saturated rings. The van der Waals surface area contributed by atoms with Crippen molar-refractivity contribution in [2.75, 3.05) is 16.8 Å². The summed E-state index contributed by atoms with van der Waals surface area (Å²) in [6.45, 7) is 3.75. The maximum Gasteiger partial charge on any atom is 0.266 e. The number of amides is 3. The van der Waals surface area contributed by atoms with Crippen molar-refractivity contribution in [2.45, 2.75) is 19.3 Å². The monoisotopic (exact) mass is 320 g/mol. The van der Waals surface area contributed by atoms with Crippen molar-refractivity contribution in [3.05, 3.63) is 59.2 Å². The largest absolute Gasteiger partial charge is 0.314 e. The zero-order chi connectivity index (χ0) is 17.2. The molecule has 0 unspecified atom stereocenters. The first-order valence-corrected chi connectivity index (χ1v) is 7.74. The summed E-state index contributed by atoms with van der Waals surface area (Å²) in [6.07, 6.45) is 0. The van der Waals surface area contributed by atoms with Crippen molar-refractivity contribution >= 4 is 29.1 Å². The number of rotatable bonds is 1. The molecule has 0 atom stereocenters. The van der Waals surface area contributed by atoms with E-state index in [0.717, 1.165) is 11.3 Å². The van der Waals surface area contributed by atoms with Crippen molar-refractivity contribution in [2.24, 2.45) is 0 Å². The average molecular weight is 320 g/mol. The van der Waals surface area contributed by atoms with E-state index in [2.05, 4.69) is 0 Å². The number of carbonyl (C=O) groups excluding carboxylic acids is 3. The number of likely N-dealkylation sites (N-methyl/N-ethyl adjacent to an activating group) is 1. The highest BCUT2D eigenvalue weighted by atomic mass is 16.2. The fraction of sp³-hybridized carbons (Fsp3) is 0.211. The van der Waals surface area contributed by atoms with Crippen molar-refractivity contribution in [3.8, 4) is 0 Å². The van der Waals surface area contributed by atoms with Gasteiger partial charge in [-0.3, -0.25) is 14.4 Å². The Labute approximate surface area is 139 Å². The Kier molecular flexibility index (Phi) is 2.77. The molecule has 0 aliphatic carbocycles. The fourth-order valence-electron chi connectivity index (χ4n) is 3.53. The number of nitrogens with zero attached hydrogens (tertiary/aromatic N) is 2. The third-order valence-corrected chi connectivity index (χ3v) is 4.91. The smallest absolute Gasteiger partial charge is 0.266 e. The molecule has 120 valence electrons. The number of imide groups is 1. The molecule has 2 aliphatic heterocycles. The molecule has 0 spiro atoms. The highest BCUT2D eigenvalue weighted by Gasteiger charge is 2.43. The summed E-state index contributed by atoms with van der Waals surface area (Å²) in [5.41, 5.74) is 2.33. The molecule has 24 heavy (non-hydrogen) atoms. The number of fused-ring (bicyclic) bond motifs is 2. The van der Waals surface area contributed by atoms with E-state index in [-0.39, 0.29) is 17.7 Å². The SMILES string of the molecule is CN1C(=O)C(C)(C)c2ccc(N3C(=O)c4ccccc4C3=O)cc21. The third-order valence-electron chi connectivity index (χ3n) is 4.91. The van der Waals surface area contributed by atoms with Crippen LogP contribution in [-0.4, -0.2) is 24.8 Å². The molecule has 0 bridgehead atoms. The summed E-state index contributed by atoms with van der Waals surface area (Å²) in [6, 6.07) is 12.1. The Balaban J connectivity index is 1.83. The molecular weight excluding hydrogens is 304 g/mol. The molecule has 2 aromatic carbocycles. The van der Waals surface area contributed by atoms with Crippen LogP contribution in [0.5, 0.6) is 0 Å². The van der Waals surface area contributed by atoms with E-state index >= 15 is 0 Å². The van der Waals surface area contributed by atoms with Crippen LogP contribution in [0, 0.1) is 0 Å². The molecule has 0 N–H and O–H groups in total.